The van der Waals surface area contributed by atoms with Crippen LogP contribution in [0.1, 0.15) is 24.2 Å². The molecule has 22 heavy (non-hydrogen) atoms. The summed E-state index contributed by atoms with van der Waals surface area (Å²) < 4.78 is 7.03. The molecular weight excluding hydrogens is 278 g/mol. The van der Waals surface area contributed by atoms with Gasteiger partial charge < -0.3 is 9.64 Å². The van der Waals surface area contributed by atoms with E-state index < -0.39 is 0 Å². The lowest BCUT2D eigenvalue weighted by atomic mass is 9.97. The van der Waals surface area contributed by atoms with Gasteiger partial charge in [-0.2, -0.15) is 0 Å². The smallest absolute Gasteiger partial charge is 0.108 e. The molecule has 3 heterocycles. The van der Waals surface area contributed by atoms with Gasteiger partial charge in [0.25, 0.3) is 0 Å². The maximum Gasteiger partial charge on any atom is 0.108 e. The number of hydrogen-bond donors (Lipinski definition) is 0. The van der Waals surface area contributed by atoms with Gasteiger partial charge in [0, 0.05) is 44.3 Å². The second-order valence-electron chi connectivity index (χ2n) is 5.97. The van der Waals surface area contributed by atoms with Crippen LogP contribution >= 0.6 is 0 Å². The van der Waals surface area contributed by atoms with Gasteiger partial charge in [0.2, 0.25) is 0 Å². The molecule has 2 aromatic rings. The Morgan fingerprint density at radius 2 is 2.32 bits per heavy atom. The van der Waals surface area contributed by atoms with Gasteiger partial charge in [-0.15, -0.1) is 5.10 Å². The van der Waals surface area contributed by atoms with Crippen molar-refractivity contribution in [2.24, 2.45) is 5.92 Å². The molecule has 0 saturated carbocycles. The minimum Gasteiger partial charge on any atom is -0.378 e. The van der Waals surface area contributed by atoms with Crippen LogP contribution in [0.4, 0.5) is 5.69 Å². The number of pyridine rings is 1. The summed E-state index contributed by atoms with van der Waals surface area (Å²) in [7, 11) is 1.68. The van der Waals surface area contributed by atoms with Crippen molar-refractivity contribution in [2.45, 2.75) is 32.9 Å². The van der Waals surface area contributed by atoms with E-state index in [9.17, 15) is 0 Å². The Morgan fingerprint density at radius 1 is 1.41 bits per heavy atom. The molecule has 0 bridgehead atoms. The van der Waals surface area contributed by atoms with E-state index in [1.54, 1.807) is 7.11 Å². The van der Waals surface area contributed by atoms with E-state index in [1.165, 1.54) is 18.5 Å². The van der Waals surface area contributed by atoms with Crippen LogP contribution in [0, 0.1) is 12.8 Å². The zero-order valence-corrected chi connectivity index (χ0v) is 13.3. The average molecular weight is 301 g/mol. The molecule has 0 aromatic carbocycles. The van der Waals surface area contributed by atoms with Gasteiger partial charge in [-0.3, -0.25) is 9.67 Å². The SMILES string of the molecule is COCc1cn(C[C@H]2CCCN(c3ccnc(C)c3)C2)nn1. The first kappa shape index (κ1) is 15.0. The normalized spacial score (nSPS) is 18.6. The van der Waals surface area contributed by atoms with Crippen molar-refractivity contribution in [2.75, 3.05) is 25.1 Å². The van der Waals surface area contributed by atoms with Crippen molar-refractivity contribution < 1.29 is 4.74 Å². The molecule has 1 saturated heterocycles. The molecule has 0 spiro atoms. The van der Waals surface area contributed by atoms with Crippen LogP contribution in [-0.4, -0.2) is 40.2 Å². The molecule has 1 atom stereocenters. The third-order valence-electron chi connectivity index (χ3n) is 4.09. The predicted molar refractivity (Wildman–Crippen MR) is 84.6 cm³/mol. The molecule has 6 nitrogen and oxygen atoms in total. The van der Waals surface area contributed by atoms with Crippen LogP contribution < -0.4 is 4.90 Å². The van der Waals surface area contributed by atoms with E-state index in [4.69, 9.17) is 4.74 Å². The highest BCUT2D eigenvalue weighted by Gasteiger charge is 2.21. The molecule has 2 aromatic heterocycles. The van der Waals surface area contributed by atoms with E-state index in [-0.39, 0.29) is 0 Å². The molecule has 0 unspecified atom stereocenters. The van der Waals surface area contributed by atoms with Crippen LogP contribution in [-0.2, 0) is 17.9 Å². The number of methoxy groups -OCH3 is 1. The third kappa shape index (κ3) is 3.62. The van der Waals surface area contributed by atoms with Gasteiger partial charge in [0.05, 0.1) is 12.8 Å². The van der Waals surface area contributed by atoms with Gasteiger partial charge in [0.15, 0.2) is 0 Å². The molecule has 1 fully saturated rings. The van der Waals surface area contributed by atoms with Crippen LogP contribution in [0.25, 0.3) is 0 Å². The van der Waals surface area contributed by atoms with Gasteiger partial charge in [0.1, 0.15) is 5.69 Å². The summed E-state index contributed by atoms with van der Waals surface area (Å²) in [6.07, 6.45) is 6.33. The second-order valence-corrected chi connectivity index (χ2v) is 5.97. The molecule has 0 radical (unpaired) electrons. The van der Waals surface area contributed by atoms with Crippen molar-refractivity contribution in [1.29, 1.82) is 0 Å². The lowest BCUT2D eigenvalue weighted by molar-refractivity contribution is 0.181. The van der Waals surface area contributed by atoms with Crippen LogP contribution in [0.5, 0.6) is 0 Å². The third-order valence-corrected chi connectivity index (χ3v) is 4.09. The summed E-state index contributed by atoms with van der Waals surface area (Å²) in [4.78, 5) is 6.73. The number of nitrogens with zero attached hydrogens (tertiary/aromatic N) is 5. The Morgan fingerprint density at radius 3 is 3.14 bits per heavy atom. The van der Waals surface area contributed by atoms with Gasteiger partial charge >= 0.3 is 0 Å². The number of rotatable bonds is 5. The molecule has 1 aliphatic rings. The molecule has 3 rings (SSSR count). The largest absolute Gasteiger partial charge is 0.378 e. The fourth-order valence-corrected chi connectivity index (χ4v) is 3.08. The van der Waals surface area contributed by atoms with Crippen LogP contribution in [0.2, 0.25) is 0 Å². The van der Waals surface area contributed by atoms with E-state index in [1.807, 2.05) is 24.0 Å². The Kier molecular flexibility index (Phi) is 4.68. The highest BCUT2D eigenvalue weighted by atomic mass is 16.5. The first-order valence-electron chi connectivity index (χ1n) is 7.80. The predicted octanol–water partition coefficient (Wildman–Crippen LogP) is 2.04. The summed E-state index contributed by atoms with van der Waals surface area (Å²) in [6.45, 7) is 5.65. The summed E-state index contributed by atoms with van der Waals surface area (Å²) >= 11 is 0. The van der Waals surface area contributed by atoms with E-state index in [0.29, 0.717) is 12.5 Å². The maximum absolute atomic E-state index is 5.09. The molecular formula is C16H23N5O. The molecule has 0 N–H and O–H groups in total. The van der Waals surface area contributed by atoms with E-state index >= 15 is 0 Å². The number of aryl methyl sites for hydroxylation is 1. The van der Waals surface area contributed by atoms with Gasteiger partial charge in [-0.25, -0.2) is 0 Å². The van der Waals surface area contributed by atoms with E-state index in [2.05, 4.69) is 32.3 Å². The number of hydrogen-bond acceptors (Lipinski definition) is 5. The van der Waals surface area contributed by atoms with Crippen molar-refractivity contribution in [1.82, 2.24) is 20.0 Å². The zero-order chi connectivity index (χ0) is 15.4. The number of piperidine rings is 1. The number of aromatic nitrogens is 4. The maximum atomic E-state index is 5.09. The summed E-state index contributed by atoms with van der Waals surface area (Å²) in [5, 5.41) is 8.33. The van der Waals surface area contributed by atoms with Crippen LogP contribution in [0.15, 0.2) is 24.5 Å². The quantitative estimate of drug-likeness (QED) is 0.846. The Balaban J connectivity index is 1.62. The highest BCUT2D eigenvalue weighted by Crippen LogP contribution is 2.24. The standard InChI is InChI=1S/C16H23N5O/c1-13-8-16(5-6-17-13)20-7-3-4-14(9-20)10-21-11-15(12-22-2)18-19-21/h5-6,8,11,14H,3-4,7,9-10,12H2,1-2H3/t14-/m0/s1. The number of ether oxygens (including phenoxy) is 1. The lowest BCUT2D eigenvalue weighted by Crippen LogP contribution is -2.37. The summed E-state index contributed by atoms with van der Waals surface area (Å²) in [6, 6.07) is 4.26. The lowest BCUT2D eigenvalue weighted by Gasteiger charge is -2.34. The molecule has 118 valence electrons. The Bertz CT molecular complexity index is 612. The first-order chi connectivity index (χ1) is 10.7. The minimum atomic E-state index is 0.521. The van der Waals surface area contributed by atoms with Crippen molar-refractivity contribution in [3.8, 4) is 0 Å². The number of anilines is 1. The fourth-order valence-electron chi connectivity index (χ4n) is 3.08. The Labute approximate surface area is 131 Å². The Hall–Kier alpha value is -1.95. The van der Waals surface area contributed by atoms with Crippen molar-refractivity contribution in [3.63, 3.8) is 0 Å². The molecule has 1 aliphatic heterocycles. The average Bonchev–Trinajstić information content (AvgIpc) is 2.95. The summed E-state index contributed by atoms with van der Waals surface area (Å²) in [5.41, 5.74) is 3.23. The van der Waals surface area contributed by atoms with Crippen molar-refractivity contribution >= 4 is 5.69 Å². The van der Waals surface area contributed by atoms with E-state index in [0.717, 1.165) is 31.0 Å². The molecule has 0 amide bonds. The zero-order valence-electron chi connectivity index (χ0n) is 13.3. The van der Waals surface area contributed by atoms with Crippen LogP contribution in [0.3, 0.4) is 0 Å². The topological polar surface area (TPSA) is 56.1 Å². The molecule has 0 aliphatic carbocycles. The monoisotopic (exact) mass is 301 g/mol. The summed E-state index contributed by atoms with van der Waals surface area (Å²) in [5.74, 6) is 0.597. The fraction of sp³-hybridized carbons (Fsp3) is 0.562. The van der Waals surface area contributed by atoms with Gasteiger partial charge in [-0.1, -0.05) is 5.21 Å². The van der Waals surface area contributed by atoms with Crippen molar-refractivity contribution in [3.05, 3.63) is 35.9 Å². The second kappa shape index (κ2) is 6.87. The minimum absolute atomic E-state index is 0.521. The molecule has 6 heteroatoms. The first-order valence-corrected chi connectivity index (χ1v) is 7.80. The van der Waals surface area contributed by atoms with Gasteiger partial charge in [-0.05, 0) is 37.8 Å². The highest BCUT2D eigenvalue weighted by molar-refractivity contribution is 5.46.